The van der Waals surface area contributed by atoms with Crippen LogP contribution >= 0.6 is 34.8 Å². The van der Waals surface area contributed by atoms with E-state index in [9.17, 15) is 17.6 Å². The van der Waals surface area contributed by atoms with Crippen molar-refractivity contribution < 1.29 is 27.0 Å². The number of aromatic nitrogens is 2. The molecule has 0 aliphatic carbocycles. The zero-order valence-electron chi connectivity index (χ0n) is 15.8. The van der Waals surface area contributed by atoms with E-state index < -0.39 is 28.9 Å². The summed E-state index contributed by atoms with van der Waals surface area (Å²) in [6.45, 7) is 1.72. The van der Waals surface area contributed by atoms with Crippen LogP contribution in [0.1, 0.15) is 18.9 Å². The predicted octanol–water partition coefficient (Wildman–Crippen LogP) is 6.57. The molecule has 0 radical (unpaired) electrons. The van der Waals surface area contributed by atoms with Crippen molar-refractivity contribution in [3.63, 3.8) is 0 Å². The summed E-state index contributed by atoms with van der Waals surface area (Å²) in [7, 11) is 0. The van der Waals surface area contributed by atoms with Crippen molar-refractivity contribution in [1.29, 1.82) is 0 Å². The Kier molecular flexibility index (Phi) is 7.28. The fraction of sp³-hybridized carbons (Fsp3) is 0.316. The number of benzene rings is 1. The van der Waals surface area contributed by atoms with Gasteiger partial charge in [0.15, 0.2) is 6.17 Å². The van der Waals surface area contributed by atoms with Crippen molar-refractivity contribution in [1.82, 2.24) is 9.97 Å². The second-order valence-corrected chi connectivity index (χ2v) is 7.65. The summed E-state index contributed by atoms with van der Waals surface area (Å²) in [4.78, 5) is 11.5. The third kappa shape index (κ3) is 5.78. The average molecular weight is 499 g/mol. The molecule has 3 rings (SSSR count). The smallest absolute Gasteiger partial charge is 0.417 e. The molecule has 0 N–H and O–H groups in total. The lowest BCUT2D eigenvalue weighted by atomic mass is 9.92. The van der Waals surface area contributed by atoms with Crippen LogP contribution in [0.5, 0.6) is 11.6 Å². The molecule has 0 bridgehead atoms. The SMILES string of the molecule is CC1C(CCOc2nc(Cl)ncc2Cl)=CN=C(Oc2ccc(Cl)c(C(F)(F)F)c2)C1F. The van der Waals surface area contributed by atoms with Crippen molar-refractivity contribution in [2.75, 3.05) is 6.61 Å². The number of nitrogens with zero attached hydrogens (tertiary/aromatic N) is 3. The van der Waals surface area contributed by atoms with Gasteiger partial charge in [-0.3, -0.25) is 0 Å². The number of ether oxygens (including phenoxy) is 2. The summed E-state index contributed by atoms with van der Waals surface area (Å²) in [5, 5.41) is -0.341. The molecule has 0 amide bonds. The number of hydrogen-bond donors (Lipinski definition) is 0. The first-order valence-electron chi connectivity index (χ1n) is 8.82. The van der Waals surface area contributed by atoms with E-state index in [0.29, 0.717) is 18.1 Å². The molecule has 0 fully saturated rings. The van der Waals surface area contributed by atoms with Crippen molar-refractivity contribution in [3.8, 4) is 11.6 Å². The quantitative estimate of drug-likeness (QED) is 0.345. The lowest BCUT2D eigenvalue weighted by Gasteiger charge is -2.24. The first-order chi connectivity index (χ1) is 14.6. The van der Waals surface area contributed by atoms with Crippen LogP contribution in [-0.2, 0) is 6.18 Å². The molecule has 0 spiro atoms. The van der Waals surface area contributed by atoms with Crippen molar-refractivity contribution in [2.24, 2.45) is 10.9 Å². The van der Waals surface area contributed by atoms with Crippen LogP contribution in [0.3, 0.4) is 0 Å². The van der Waals surface area contributed by atoms with E-state index in [4.69, 9.17) is 44.3 Å². The molecule has 31 heavy (non-hydrogen) atoms. The number of aliphatic imine (C=N–C) groups is 1. The van der Waals surface area contributed by atoms with Crippen LogP contribution in [0, 0.1) is 5.92 Å². The van der Waals surface area contributed by atoms with Gasteiger partial charge < -0.3 is 9.47 Å². The highest BCUT2D eigenvalue weighted by Gasteiger charge is 2.35. The largest absolute Gasteiger partial charge is 0.476 e. The Hall–Kier alpha value is -2.10. The van der Waals surface area contributed by atoms with Crippen LogP contribution < -0.4 is 9.47 Å². The Balaban J connectivity index is 1.68. The van der Waals surface area contributed by atoms with Gasteiger partial charge in [0.05, 0.1) is 23.4 Å². The first kappa shape index (κ1) is 23.6. The van der Waals surface area contributed by atoms with E-state index in [1.807, 2.05) is 0 Å². The Morgan fingerprint density at radius 1 is 1.13 bits per heavy atom. The van der Waals surface area contributed by atoms with Gasteiger partial charge in [-0.1, -0.05) is 30.1 Å². The van der Waals surface area contributed by atoms with Gasteiger partial charge in [0.2, 0.25) is 17.1 Å². The van der Waals surface area contributed by atoms with Crippen molar-refractivity contribution in [2.45, 2.75) is 25.7 Å². The fourth-order valence-corrected chi connectivity index (χ4v) is 3.21. The summed E-state index contributed by atoms with van der Waals surface area (Å²) in [6.07, 6.45) is -3.34. The third-order valence-electron chi connectivity index (χ3n) is 4.40. The number of hydrogen-bond acceptors (Lipinski definition) is 5. The first-order valence-corrected chi connectivity index (χ1v) is 9.95. The van der Waals surface area contributed by atoms with Crippen LogP contribution in [0.25, 0.3) is 0 Å². The summed E-state index contributed by atoms with van der Waals surface area (Å²) in [5.41, 5.74) is -0.466. The van der Waals surface area contributed by atoms with Gasteiger partial charge in [0, 0.05) is 18.5 Å². The Morgan fingerprint density at radius 3 is 2.58 bits per heavy atom. The summed E-state index contributed by atoms with van der Waals surface area (Å²) in [5.74, 6) is -1.12. The normalized spacial score (nSPS) is 19.0. The molecule has 2 heterocycles. The van der Waals surface area contributed by atoms with Gasteiger partial charge in [-0.15, -0.1) is 0 Å². The number of alkyl halides is 4. The predicted molar refractivity (Wildman–Crippen MR) is 109 cm³/mol. The zero-order valence-corrected chi connectivity index (χ0v) is 18.0. The van der Waals surface area contributed by atoms with Crippen molar-refractivity contribution >= 4 is 40.7 Å². The van der Waals surface area contributed by atoms with E-state index in [2.05, 4.69) is 15.0 Å². The average Bonchev–Trinajstić information content (AvgIpc) is 2.70. The molecular formula is C19H14Cl3F4N3O2. The maximum Gasteiger partial charge on any atom is 0.417 e. The molecule has 1 aliphatic heterocycles. The monoisotopic (exact) mass is 497 g/mol. The van der Waals surface area contributed by atoms with Crippen LogP contribution in [0.15, 0.2) is 41.2 Å². The minimum Gasteiger partial charge on any atom is -0.476 e. The van der Waals surface area contributed by atoms with Crippen LogP contribution in [-0.4, -0.2) is 28.6 Å². The second kappa shape index (κ2) is 9.58. The molecule has 2 atom stereocenters. The lowest BCUT2D eigenvalue weighted by molar-refractivity contribution is -0.137. The summed E-state index contributed by atoms with van der Waals surface area (Å²) in [6, 6.07) is 2.94. The highest BCUT2D eigenvalue weighted by molar-refractivity contribution is 6.32. The molecule has 1 aromatic heterocycles. The molecule has 2 unspecified atom stereocenters. The zero-order chi connectivity index (χ0) is 22.8. The Bertz CT molecular complexity index is 1030. The van der Waals surface area contributed by atoms with E-state index in [0.717, 1.165) is 6.07 Å². The van der Waals surface area contributed by atoms with Gasteiger partial charge >= 0.3 is 6.18 Å². The summed E-state index contributed by atoms with van der Waals surface area (Å²) < 4.78 is 64.5. The van der Waals surface area contributed by atoms with E-state index >= 15 is 0 Å². The molecular weight excluding hydrogens is 485 g/mol. The standard InChI is InChI=1S/C19H14Cl3F4N3O2/c1-9-10(4-5-30-16-14(21)8-28-18(22)29-16)7-27-17(15(9)23)31-11-2-3-13(20)12(6-11)19(24,25)26/h2-3,6-9,15H,4-5H2,1H3. The fourth-order valence-electron chi connectivity index (χ4n) is 2.72. The molecule has 166 valence electrons. The van der Waals surface area contributed by atoms with Gasteiger partial charge in [-0.05, 0) is 35.4 Å². The van der Waals surface area contributed by atoms with Gasteiger partial charge in [-0.2, -0.15) is 18.2 Å². The molecule has 1 aliphatic rings. The number of halogens is 7. The molecule has 2 aromatic rings. The van der Waals surface area contributed by atoms with E-state index in [1.165, 1.54) is 18.5 Å². The minimum atomic E-state index is -4.67. The van der Waals surface area contributed by atoms with E-state index in [1.54, 1.807) is 6.92 Å². The Morgan fingerprint density at radius 2 is 1.87 bits per heavy atom. The second-order valence-electron chi connectivity index (χ2n) is 6.49. The van der Waals surface area contributed by atoms with Crippen LogP contribution in [0.4, 0.5) is 17.6 Å². The van der Waals surface area contributed by atoms with Gasteiger partial charge in [0.25, 0.3) is 0 Å². The molecule has 1 aromatic carbocycles. The van der Waals surface area contributed by atoms with Gasteiger partial charge in [-0.25, -0.2) is 14.4 Å². The maximum absolute atomic E-state index is 14.8. The van der Waals surface area contributed by atoms with Crippen molar-refractivity contribution in [3.05, 3.63) is 57.1 Å². The minimum absolute atomic E-state index is 0.0317. The summed E-state index contributed by atoms with van der Waals surface area (Å²) >= 11 is 17.2. The lowest BCUT2D eigenvalue weighted by Crippen LogP contribution is -2.32. The number of rotatable bonds is 5. The third-order valence-corrected chi connectivity index (χ3v) is 5.17. The van der Waals surface area contributed by atoms with Gasteiger partial charge in [0.1, 0.15) is 10.8 Å². The molecule has 5 nitrogen and oxygen atoms in total. The highest BCUT2D eigenvalue weighted by Crippen LogP contribution is 2.37. The molecule has 0 saturated heterocycles. The maximum atomic E-state index is 14.8. The molecule has 12 heteroatoms. The Labute approximate surface area is 189 Å². The topological polar surface area (TPSA) is 56.6 Å². The molecule has 0 saturated carbocycles. The van der Waals surface area contributed by atoms with Crippen LogP contribution in [0.2, 0.25) is 15.3 Å². The van der Waals surface area contributed by atoms with E-state index in [-0.39, 0.29) is 34.4 Å². The highest BCUT2D eigenvalue weighted by atomic mass is 35.5.